The molecule has 3 nitrogen and oxygen atoms in total. The molecule has 4 heteroatoms. The van der Waals surface area contributed by atoms with E-state index in [0.29, 0.717) is 11.5 Å². The molecule has 0 radical (unpaired) electrons. The SMILES string of the molecule is CC(C)(C)CNC1CS(=O)(=O)C1. The van der Waals surface area contributed by atoms with Crippen LogP contribution in [-0.4, -0.2) is 32.5 Å². The first-order chi connectivity index (χ1) is 5.29. The number of nitrogens with one attached hydrogen (secondary N) is 1. The Morgan fingerprint density at radius 2 is 1.83 bits per heavy atom. The molecule has 0 spiro atoms. The van der Waals surface area contributed by atoms with Crippen molar-refractivity contribution in [1.82, 2.24) is 5.32 Å². The summed E-state index contributed by atoms with van der Waals surface area (Å²) >= 11 is 0. The fourth-order valence-electron chi connectivity index (χ4n) is 1.13. The minimum Gasteiger partial charge on any atom is -0.311 e. The molecule has 1 aliphatic rings. The van der Waals surface area contributed by atoms with Crippen LogP contribution in [0.2, 0.25) is 0 Å². The van der Waals surface area contributed by atoms with E-state index in [2.05, 4.69) is 26.1 Å². The van der Waals surface area contributed by atoms with Gasteiger partial charge in [0.2, 0.25) is 0 Å². The number of hydrogen-bond donors (Lipinski definition) is 1. The zero-order valence-electron chi connectivity index (χ0n) is 7.92. The van der Waals surface area contributed by atoms with Crippen molar-refractivity contribution in [3.8, 4) is 0 Å². The summed E-state index contributed by atoms with van der Waals surface area (Å²) < 4.78 is 21.6. The lowest BCUT2D eigenvalue weighted by Crippen LogP contribution is -2.52. The van der Waals surface area contributed by atoms with E-state index in [1.165, 1.54) is 0 Å². The van der Waals surface area contributed by atoms with Crippen LogP contribution in [-0.2, 0) is 9.84 Å². The highest BCUT2D eigenvalue weighted by Crippen LogP contribution is 2.14. The van der Waals surface area contributed by atoms with Crippen molar-refractivity contribution in [3.63, 3.8) is 0 Å². The first-order valence-electron chi connectivity index (χ1n) is 4.22. The first-order valence-corrected chi connectivity index (χ1v) is 6.04. The third kappa shape index (κ3) is 3.11. The highest BCUT2D eigenvalue weighted by atomic mass is 32.2. The summed E-state index contributed by atoms with van der Waals surface area (Å²) in [6.07, 6.45) is 0. The second kappa shape index (κ2) is 3.00. The van der Waals surface area contributed by atoms with Crippen molar-refractivity contribution in [2.45, 2.75) is 26.8 Å². The average molecular weight is 191 g/mol. The molecule has 0 bridgehead atoms. The molecule has 1 heterocycles. The molecule has 1 saturated heterocycles. The Labute approximate surface area is 74.5 Å². The Bertz CT molecular complexity index is 239. The van der Waals surface area contributed by atoms with Gasteiger partial charge in [0.1, 0.15) is 0 Å². The molecule has 0 saturated carbocycles. The van der Waals surface area contributed by atoms with Gasteiger partial charge in [0.15, 0.2) is 9.84 Å². The van der Waals surface area contributed by atoms with E-state index in [-0.39, 0.29) is 11.5 Å². The second-order valence-corrected chi connectivity index (χ2v) is 6.87. The summed E-state index contributed by atoms with van der Waals surface area (Å²) in [7, 11) is -2.66. The van der Waals surface area contributed by atoms with Gasteiger partial charge in [-0.25, -0.2) is 8.42 Å². The quantitative estimate of drug-likeness (QED) is 0.688. The molecule has 1 rings (SSSR count). The normalized spacial score (nSPS) is 23.6. The Balaban J connectivity index is 2.21. The smallest absolute Gasteiger partial charge is 0.153 e. The summed E-state index contributed by atoms with van der Waals surface area (Å²) in [5.41, 5.74) is 0.235. The Hall–Kier alpha value is -0.0900. The zero-order valence-corrected chi connectivity index (χ0v) is 8.74. The zero-order chi connectivity index (χ0) is 9.41. The van der Waals surface area contributed by atoms with Gasteiger partial charge >= 0.3 is 0 Å². The third-order valence-corrected chi connectivity index (χ3v) is 3.65. The van der Waals surface area contributed by atoms with Crippen LogP contribution in [0.25, 0.3) is 0 Å². The van der Waals surface area contributed by atoms with E-state index < -0.39 is 9.84 Å². The van der Waals surface area contributed by atoms with Gasteiger partial charge in [-0.1, -0.05) is 20.8 Å². The van der Waals surface area contributed by atoms with Crippen molar-refractivity contribution in [3.05, 3.63) is 0 Å². The molecule has 0 aromatic heterocycles. The van der Waals surface area contributed by atoms with E-state index in [4.69, 9.17) is 0 Å². The molecule has 12 heavy (non-hydrogen) atoms. The summed E-state index contributed by atoms with van der Waals surface area (Å²) in [5, 5.41) is 3.24. The van der Waals surface area contributed by atoms with Crippen molar-refractivity contribution >= 4 is 9.84 Å². The number of hydrogen-bond acceptors (Lipinski definition) is 3. The summed E-state index contributed by atoms with van der Waals surface area (Å²) in [5.74, 6) is 0.645. The fraction of sp³-hybridized carbons (Fsp3) is 1.00. The number of sulfone groups is 1. The maximum absolute atomic E-state index is 10.8. The van der Waals surface area contributed by atoms with Crippen LogP contribution in [0.4, 0.5) is 0 Å². The van der Waals surface area contributed by atoms with E-state index in [9.17, 15) is 8.42 Å². The van der Waals surface area contributed by atoms with Crippen molar-refractivity contribution in [1.29, 1.82) is 0 Å². The van der Waals surface area contributed by atoms with Crippen LogP contribution in [0, 0.1) is 5.41 Å². The summed E-state index contributed by atoms with van der Waals surface area (Å²) in [6, 6.07) is 0.203. The van der Waals surface area contributed by atoms with Crippen LogP contribution in [0.15, 0.2) is 0 Å². The van der Waals surface area contributed by atoms with Gasteiger partial charge in [-0.05, 0) is 5.41 Å². The molecule has 0 unspecified atom stereocenters. The molecule has 1 N–H and O–H groups in total. The van der Waals surface area contributed by atoms with Crippen LogP contribution < -0.4 is 5.32 Å². The van der Waals surface area contributed by atoms with Gasteiger partial charge in [0, 0.05) is 12.6 Å². The second-order valence-electron chi connectivity index (χ2n) is 4.72. The van der Waals surface area contributed by atoms with Gasteiger partial charge in [0.25, 0.3) is 0 Å². The van der Waals surface area contributed by atoms with Crippen molar-refractivity contribution in [2.24, 2.45) is 5.41 Å². The van der Waals surface area contributed by atoms with Crippen LogP contribution in [0.3, 0.4) is 0 Å². The lowest BCUT2D eigenvalue weighted by Gasteiger charge is -2.30. The molecule has 1 fully saturated rings. The molecule has 0 aliphatic carbocycles. The molecule has 1 aliphatic heterocycles. The largest absolute Gasteiger partial charge is 0.311 e. The summed E-state index contributed by atoms with van der Waals surface area (Å²) in [6.45, 7) is 7.28. The molecular formula is C8H17NO2S. The highest BCUT2D eigenvalue weighted by molar-refractivity contribution is 7.92. The van der Waals surface area contributed by atoms with Gasteiger partial charge < -0.3 is 5.32 Å². The van der Waals surface area contributed by atoms with Gasteiger partial charge in [0.05, 0.1) is 11.5 Å². The molecule has 72 valence electrons. The molecule has 0 aromatic rings. The maximum Gasteiger partial charge on any atom is 0.153 e. The van der Waals surface area contributed by atoms with E-state index in [1.54, 1.807) is 0 Å². The predicted octanol–water partition coefficient (Wildman–Crippen LogP) is 0.419. The van der Waals surface area contributed by atoms with E-state index >= 15 is 0 Å². The van der Waals surface area contributed by atoms with Gasteiger partial charge in [-0.2, -0.15) is 0 Å². The Morgan fingerprint density at radius 1 is 1.33 bits per heavy atom. The fourth-order valence-corrected chi connectivity index (χ4v) is 2.50. The lowest BCUT2D eigenvalue weighted by molar-refractivity contribution is 0.357. The lowest BCUT2D eigenvalue weighted by atomic mass is 9.97. The molecular weight excluding hydrogens is 174 g/mol. The third-order valence-electron chi connectivity index (χ3n) is 1.83. The Morgan fingerprint density at radius 3 is 2.17 bits per heavy atom. The monoisotopic (exact) mass is 191 g/mol. The Kier molecular flexibility index (Phi) is 2.50. The summed E-state index contributed by atoms with van der Waals surface area (Å²) in [4.78, 5) is 0. The van der Waals surface area contributed by atoms with Crippen molar-refractivity contribution < 1.29 is 8.42 Å². The highest BCUT2D eigenvalue weighted by Gasteiger charge is 2.33. The topological polar surface area (TPSA) is 46.2 Å². The van der Waals surface area contributed by atoms with Gasteiger partial charge in [-0.15, -0.1) is 0 Å². The minimum absolute atomic E-state index is 0.203. The van der Waals surface area contributed by atoms with Crippen LogP contribution in [0.5, 0.6) is 0 Å². The molecule has 0 atom stereocenters. The predicted molar refractivity (Wildman–Crippen MR) is 49.9 cm³/mol. The standard InChI is InChI=1S/C8H17NO2S/c1-8(2,3)6-9-7-4-12(10,11)5-7/h7,9H,4-6H2,1-3H3. The number of rotatable bonds is 2. The first kappa shape index (κ1) is 9.99. The van der Waals surface area contributed by atoms with Gasteiger partial charge in [-0.3, -0.25) is 0 Å². The van der Waals surface area contributed by atoms with Crippen LogP contribution >= 0.6 is 0 Å². The van der Waals surface area contributed by atoms with E-state index in [0.717, 1.165) is 6.54 Å². The van der Waals surface area contributed by atoms with E-state index in [1.807, 2.05) is 0 Å². The minimum atomic E-state index is -2.66. The molecule has 0 aromatic carbocycles. The molecule has 0 amide bonds. The average Bonchev–Trinajstić information content (AvgIpc) is 1.76. The maximum atomic E-state index is 10.8. The van der Waals surface area contributed by atoms with Crippen LogP contribution in [0.1, 0.15) is 20.8 Å². The van der Waals surface area contributed by atoms with Crippen molar-refractivity contribution in [2.75, 3.05) is 18.1 Å².